The van der Waals surface area contributed by atoms with E-state index in [9.17, 15) is 14.7 Å². The quantitative estimate of drug-likeness (QED) is 0.197. The van der Waals surface area contributed by atoms with Gasteiger partial charge < -0.3 is 34.0 Å². The Morgan fingerprint density at radius 1 is 0.660 bits per heavy atom. The zero-order chi connectivity index (χ0) is 37.3. The van der Waals surface area contributed by atoms with Crippen molar-refractivity contribution in [1.29, 1.82) is 0 Å². The van der Waals surface area contributed by atoms with E-state index in [1.165, 1.54) is 32.3 Å². The number of aromatic carboxylic acids is 1. The molecule has 6 heterocycles. The number of carbonyl (C=O) groups is 2. The van der Waals surface area contributed by atoms with Crippen LogP contribution in [0.1, 0.15) is 44.7 Å². The minimum absolute atomic E-state index is 0.0751. The maximum Gasteiger partial charge on any atom is 0.336 e. The Morgan fingerprint density at radius 3 is 1.81 bits per heavy atom. The van der Waals surface area contributed by atoms with Crippen molar-refractivity contribution in [2.75, 3.05) is 66.5 Å². The van der Waals surface area contributed by atoms with E-state index in [1.807, 2.05) is 73.3 Å². The number of nitrogens with one attached hydrogen (secondary N) is 1. The Labute approximate surface area is 310 Å². The van der Waals surface area contributed by atoms with Crippen LogP contribution in [0.25, 0.3) is 44.7 Å². The first kappa shape index (κ1) is 37.4. The first-order valence-electron chi connectivity index (χ1n) is 18.2. The number of aryl methyl sites for hydroxylation is 2. The Hall–Kier alpha value is -5.36. The van der Waals surface area contributed by atoms with Gasteiger partial charge in [0.05, 0.1) is 34.7 Å². The second kappa shape index (κ2) is 17.4. The van der Waals surface area contributed by atoms with Crippen LogP contribution in [-0.2, 0) is 0 Å². The van der Waals surface area contributed by atoms with Gasteiger partial charge in [0.25, 0.3) is 5.91 Å². The molecule has 53 heavy (non-hydrogen) atoms. The van der Waals surface area contributed by atoms with Crippen LogP contribution < -0.4 is 5.32 Å². The monoisotopic (exact) mass is 716 g/mol. The zero-order valence-corrected chi connectivity index (χ0v) is 31.0. The average Bonchev–Trinajstić information content (AvgIpc) is 3.80. The molecule has 6 aromatic rings. The minimum atomic E-state index is -0.967. The molecule has 0 bridgehead atoms. The number of carboxylic acids is 1. The number of pyridine rings is 2. The molecule has 2 saturated heterocycles. The fourth-order valence-electron chi connectivity index (χ4n) is 6.53. The number of nitrogens with zero attached hydrogens (tertiary/aromatic N) is 5. The largest absolute Gasteiger partial charge is 0.478 e. The molecule has 0 radical (unpaired) electrons. The second-order valence-electron chi connectivity index (χ2n) is 13.8. The molecule has 1 amide bonds. The third kappa shape index (κ3) is 9.55. The molecule has 2 aromatic carbocycles. The summed E-state index contributed by atoms with van der Waals surface area (Å²) in [4.78, 5) is 40.5. The lowest BCUT2D eigenvalue weighted by molar-refractivity contribution is 0.0697. The fourth-order valence-corrected chi connectivity index (χ4v) is 6.53. The number of benzene rings is 2. The minimum Gasteiger partial charge on any atom is -0.478 e. The highest BCUT2D eigenvalue weighted by atomic mass is 16.4. The molecular formula is C42H48N6O5. The van der Waals surface area contributed by atoms with E-state index in [-0.39, 0.29) is 11.5 Å². The van der Waals surface area contributed by atoms with E-state index in [0.717, 1.165) is 61.2 Å². The summed E-state index contributed by atoms with van der Waals surface area (Å²) in [6, 6.07) is 22.2. The normalized spacial score (nSPS) is 15.5. The van der Waals surface area contributed by atoms with Crippen molar-refractivity contribution in [3.05, 3.63) is 108 Å². The van der Waals surface area contributed by atoms with E-state index in [0.29, 0.717) is 39.4 Å². The fraction of sp³-hybridized carbons (Fsp3) is 0.333. The molecule has 8 rings (SSSR count). The predicted octanol–water partition coefficient (Wildman–Crippen LogP) is 6.99. The molecule has 4 aromatic heterocycles. The van der Waals surface area contributed by atoms with Crippen LogP contribution >= 0.6 is 0 Å². The maximum absolute atomic E-state index is 13.4. The van der Waals surface area contributed by atoms with Crippen LogP contribution in [0.4, 0.5) is 0 Å². The summed E-state index contributed by atoms with van der Waals surface area (Å²) < 4.78 is 10.8. The van der Waals surface area contributed by atoms with Gasteiger partial charge >= 0.3 is 5.97 Å². The van der Waals surface area contributed by atoms with Crippen LogP contribution in [0.3, 0.4) is 0 Å². The van der Waals surface area contributed by atoms with Crippen LogP contribution in [0, 0.1) is 13.8 Å². The average molecular weight is 717 g/mol. The molecule has 0 spiro atoms. The van der Waals surface area contributed by atoms with Gasteiger partial charge in [-0.2, -0.15) is 0 Å². The molecule has 2 fully saturated rings. The first-order chi connectivity index (χ1) is 25.7. The molecule has 2 aliphatic rings. The number of fused-ring (bicyclic) bond motifs is 2. The summed E-state index contributed by atoms with van der Waals surface area (Å²) in [5.74, 6) is 0.346. The molecule has 2 N–H and O–H groups in total. The van der Waals surface area contributed by atoms with Gasteiger partial charge in [0, 0.05) is 43.5 Å². The van der Waals surface area contributed by atoms with Crippen molar-refractivity contribution in [1.82, 2.24) is 30.0 Å². The number of carbonyl (C=O) groups excluding carboxylic acids is 1. The summed E-state index contributed by atoms with van der Waals surface area (Å²) in [7, 11) is 4.28. The van der Waals surface area contributed by atoms with E-state index >= 15 is 0 Å². The van der Waals surface area contributed by atoms with E-state index in [1.54, 1.807) is 24.5 Å². The van der Waals surface area contributed by atoms with Gasteiger partial charge in [0.1, 0.15) is 11.4 Å². The third-order valence-electron chi connectivity index (χ3n) is 9.51. The van der Waals surface area contributed by atoms with E-state index in [4.69, 9.17) is 13.8 Å². The molecule has 0 atom stereocenters. The third-order valence-corrected chi connectivity index (χ3v) is 9.51. The highest BCUT2D eigenvalue weighted by Crippen LogP contribution is 2.28. The summed E-state index contributed by atoms with van der Waals surface area (Å²) in [6.45, 7) is 12.3. The molecule has 11 heteroatoms. The van der Waals surface area contributed by atoms with Gasteiger partial charge in [0.15, 0.2) is 11.5 Å². The van der Waals surface area contributed by atoms with Crippen LogP contribution in [0.2, 0.25) is 0 Å². The molecular weight excluding hydrogens is 668 g/mol. The lowest BCUT2D eigenvalue weighted by Gasteiger charge is -2.21. The highest BCUT2D eigenvalue weighted by molar-refractivity contribution is 6.07. The zero-order valence-electron chi connectivity index (χ0n) is 31.0. The van der Waals surface area contributed by atoms with Gasteiger partial charge in [-0.3, -0.25) is 4.79 Å². The van der Waals surface area contributed by atoms with Crippen molar-refractivity contribution in [3.8, 4) is 22.9 Å². The Kier molecular flexibility index (Phi) is 12.3. The highest BCUT2D eigenvalue weighted by Gasteiger charge is 2.23. The summed E-state index contributed by atoms with van der Waals surface area (Å²) >= 11 is 0. The number of hydrogen-bond acceptors (Lipinski definition) is 9. The van der Waals surface area contributed by atoms with Gasteiger partial charge in [0.2, 0.25) is 0 Å². The van der Waals surface area contributed by atoms with E-state index < -0.39 is 5.97 Å². The van der Waals surface area contributed by atoms with Crippen LogP contribution in [-0.4, -0.2) is 108 Å². The lowest BCUT2D eigenvalue weighted by atomic mass is 10.0. The molecule has 276 valence electrons. The molecule has 0 aliphatic carbocycles. The van der Waals surface area contributed by atoms with Gasteiger partial charge in [-0.15, -0.1) is 0 Å². The van der Waals surface area contributed by atoms with Gasteiger partial charge in [-0.1, -0.05) is 23.3 Å². The van der Waals surface area contributed by atoms with Crippen molar-refractivity contribution in [2.24, 2.45) is 0 Å². The number of likely N-dealkylation sites (N-methyl/N-ethyl adjacent to an activating group) is 2. The number of hydrogen-bond donors (Lipinski definition) is 2. The maximum atomic E-state index is 13.4. The SMILES string of the molecule is CN1CCCNCC1.Cc1ccc2nc(-c3ccco3)cc(C(=O)N3CCCN(C)CC3)c2c1.Cc1ccc2nc(-c3ccco3)cc(C(=O)O)c2c1. The van der Waals surface area contributed by atoms with Gasteiger partial charge in [-0.05, 0) is 121 Å². The molecule has 0 saturated carbocycles. The topological polar surface area (TPSA) is 128 Å². The second-order valence-corrected chi connectivity index (χ2v) is 13.8. The predicted molar refractivity (Wildman–Crippen MR) is 208 cm³/mol. The van der Waals surface area contributed by atoms with Crippen molar-refractivity contribution < 1.29 is 23.5 Å². The van der Waals surface area contributed by atoms with Crippen molar-refractivity contribution >= 4 is 33.7 Å². The van der Waals surface area contributed by atoms with E-state index in [2.05, 4.69) is 34.2 Å². The van der Waals surface area contributed by atoms with Crippen LogP contribution in [0.15, 0.2) is 94.2 Å². The lowest BCUT2D eigenvalue weighted by Crippen LogP contribution is -2.34. The Balaban J connectivity index is 0.000000155. The molecule has 2 aliphatic heterocycles. The molecule has 11 nitrogen and oxygen atoms in total. The summed E-state index contributed by atoms with van der Waals surface area (Å²) in [5, 5.41) is 14.2. The standard InChI is InChI=1S/C21H23N3O2.C15H11NO3.C6H14N2/c1-15-6-7-18-16(13-15)17(14-19(22-18)20-5-3-12-26-20)21(25)24-9-4-8-23(2)10-11-24;1-9-4-5-12-10(7-9)11(15(17)18)8-13(16-12)14-3-2-6-19-14;1-8-5-2-3-7-4-6-8/h3,5-7,12-14H,4,8-11H2,1-2H3;2-8H,1H3,(H,17,18);7H,2-6H2,1H3. The van der Waals surface area contributed by atoms with Gasteiger partial charge in [-0.25, -0.2) is 14.8 Å². The Bertz CT molecular complexity index is 2140. The first-order valence-corrected chi connectivity index (χ1v) is 18.2. The Morgan fingerprint density at radius 2 is 1.23 bits per heavy atom. The number of carboxylic acid groups (broad SMARTS) is 1. The number of furan rings is 2. The van der Waals surface area contributed by atoms with Crippen molar-refractivity contribution in [3.63, 3.8) is 0 Å². The van der Waals surface area contributed by atoms with Crippen molar-refractivity contribution in [2.45, 2.75) is 26.7 Å². The molecule has 0 unspecified atom stereocenters. The number of aromatic nitrogens is 2. The van der Waals surface area contributed by atoms with Crippen LogP contribution in [0.5, 0.6) is 0 Å². The number of amides is 1. The summed E-state index contributed by atoms with van der Waals surface area (Å²) in [5.41, 5.74) is 5.75. The number of rotatable bonds is 4. The summed E-state index contributed by atoms with van der Waals surface area (Å²) in [6.07, 6.45) is 5.46. The smallest absolute Gasteiger partial charge is 0.336 e.